The van der Waals surface area contributed by atoms with Crippen LogP contribution in [0.4, 0.5) is 0 Å². The number of carbonyl (C=O) groups is 1. The van der Waals surface area contributed by atoms with Crippen molar-refractivity contribution in [1.29, 1.82) is 0 Å². The molecule has 114 valence electrons. The van der Waals surface area contributed by atoms with Crippen molar-refractivity contribution in [3.63, 3.8) is 0 Å². The molecule has 0 saturated heterocycles. The maximum Gasteiger partial charge on any atom is 0.342 e. The maximum absolute atomic E-state index is 11.1. The van der Waals surface area contributed by atoms with Crippen LogP contribution in [0.15, 0.2) is 0 Å². The lowest BCUT2D eigenvalue weighted by Crippen LogP contribution is -2.04. The molecule has 0 aliphatic heterocycles. The molecule has 0 radical (unpaired) electrons. The van der Waals surface area contributed by atoms with Crippen LogP contribution in [0, 0.1) is 0 Å². The lowest BCUT2D eigenvalue weighted by Gasteiger charge is -2.03. The van der Waals surface area contributed by atoms with Gasteiger partial charge in [-0.15, -0.1) is 0 Å². The van der Waals surface area contributed by atoms with Crippen LogP contribution in [0.1, 0.15) is 90.9 Å². The minimum atomic E-state index is -0.238. The summed E-state index contributed by atoms with van der Waals surface area (Å²) in [6.07, 6.45) is 14.7. The number of hydrogen-bond acceptors (Lipinski definition) is 3. The Labute approximate surface area is 119 Å². The largest absolute Gasteiger partial charge is 0.342 e. The Bertz CT molecular complexity index is 192. The number of unbranched alkanes of at least 4 members (excludes halogenated alkanes) is 10. The normalized spacial score (nSPS) is 10.6. The molecule has 0 amide bonds. The fraction of sp³-hybridized carbons (Fsp3) is 0.938. The summed E-state index contributed by atoms with van der Waals surface area (Å²) in [5, 5.41) is 0. The topological polar surface area (TPSA) is 35.5 Å². The lowest BCUT2D eigenvalue weighted by molar-refractivity contribution is -0.269. The van der Waals surface area contributed by atoms with Crippen molar-refractivity contribution < 1.29 is 14.6 Å². The van der Waals surface area contributed by atoms with Gasteiger partial charge in [0.25, 0.3) is 0 Å². The van der Waals surface area contributed by atoms with Crippen LogP contribution >= 0.6 is 0 Å². The van der Waals surface area contributed by atoms with Crippen molar-refractivity contribution in [1.82, 2.24) is 0 Å². The molecule has 0 aromatic rings. The SMILES string of the molecule is CCCCCCCCCCCCCC(=O)OOCC. The van der Waals surface area contributed by atoms with Crippen LogP contribution in [0.25, 0.3) is 0 Å². The van der Waals surface area contributed by atoms with E-state index in [1.165, 1.54) is 57.8 Å². The summed E-state index contributed by atoms with van der Waals surface area (Å²) in [6, 6.07) is 0. The minimum absolute atomic E-state index is 0.238. The fourth-order valence-electron chi connectivity index (χ4n) is 2.10. The average Bonchev–Trinajstić information content (AvgIpc) is 2.42. The highest BCUT2D eigenvalue weighted by molar-refractivity contribution is 5.68. The van der Waals surface area contributed by atoms with E-state index in [0.29, 0.717) is 13.0 Å². The second-order valence-electron chi connectivity index (χ2n) is 5.15. The molecule has 19 heavy (non-hydrogen) atoms. The summed E-state index contributed by atoms with van der Waals surface area (Å²) in [6.45, 7) is 4.48. The highest BCUT2D eigenvalue weighted by atomic mass is 17.2. The van der Waals surface area contributed by atoms with E-state index in [4.69, 9.17) is 0 Å². The molecule has 3 nitrogen and oxygen atoms in total. The van der Waals surface area contributed by atoms with Crippen molar-refractivity contribution in [2.75, 3.05) is 6.61 Å². The third-order valence-electron chi connectivity index (χ3n) is 3.25. The van der Waals surface area contributed by atoms with Crippen molar-refractivity contribution in [2.45, 2.75) is 90.9 Å². The van der Waals surface area contributed by atoms with Gasteiger partial charge in [-0.05, 0) is 13.3 Å². The van der Waals surface area contributed by atoms with Crippen molar-refractivity contribution in [2.24, 2.45) is 0 Å². The second kappa shape index (κ2) is 15.5. The number of carbonyl (C=O) groups excluding carboxylic acids is 1. The zero-order valence-electron chi connectivity index (χ0n) is 12.9. The fourth-order valence-corrected chi connectivity index (χ4v) is 2.10. The van der Waals surface area contributed by atoms with E-state index in [-0.39, 0.29) is 5.97 Å². The van der Waals surface area contributed by atoms with Crippen LogP contribution in [0.5, 0.6) is 0 Å². The first-order valence-corrected chi connectivity index (χ1v) is 8.13. The van der Waals surface area contributed by atoms with E-state index in [2.05, 4.69) is 16.7 Å². The van der Waals surface area contributed by atoms with E-state index >= 15 is 0 Å². The predicted octanol–water partition coefficient (Wildman–Crippen LogP) is 5.18. The van der Waals surface area contributed by atoms with Crippen LogP contribution < -0.4 is 0 Å². The molecular formula is C16H32O3. The zero-order chi connectivity index (χ0) is 14.2. The number of rotatable bonds is 14. The van der Waals surface area contributed by atoms with Gasteiger partial charge in [0.1, 0.15) is 0 Å². The van der Waals surface area contributed by atoms with Gasteiger partial charge in [-0.3, -0.25) is 4.89 Å². The summed E-state index contributed by atoms with van der Waals surface area (Å²) in [5.74, 6) is -0.238. The summed E-state index contributed by atoms with van der Waals surface area (Å²) in [5.41, 5.74) is 0. The molecule has 0 aromatic carbocycles. The van der Waals surface area contributed by atoms with Gasteiger partial charge in [-0.2, -0.15) is 4.89 Å². The smallest absolute Gasteiger partial charge is 0.298 e. The van der Waals surface area contributed by atoms with Crippen LogP contribution in [0.3, 0.4) is 0 Å². The van der Waals surface area contributed by atoms with Gasteiger partial charge in [-0.1, -0.05) is 71.1 Å². The Morgan fingerprint density at radius 3 is 1.68 bits per heavy atom. The van der Waals surface area contributed by atoms with E-state index in [1.54, 1.807) is 6.92 Å². The third kappa shape index (κ3) is 15.4. The van der Waals surface area contributed by atoms with Crippen LogP contribution in [-0.2, 0) is 14.6 Å². The summed E-state index contributed by atoms with van der Waals surface area (Å²) < 4.78 is 0. The predicted molar refractivity (Wildman–Crippen MR) is 78.8 cm³/mol. The molecular weight excluding hydrogens is 240 g/mol. The van der Waals surface area contributed by atoms with Gasteiger partial charge < -0.3 is 0 Å². The molecule has 0 spiro atoms. The Hall–Kier alpha value is -0.570. The van der Waals surface area contributed by atoms with E-state index in [9.17, 15) is 4.79 Å². The Balaban J connectivity index is 3.04. The van der Waals surface area contributed by atoms with Crippen LogP contribution in [0.2, 0.25) is 0 Å². The zero-order valence-corrected chi connectivity index (χ0v) is 12.9. The first-order chi connectivity index (χ1) is 9.31. The summed E-state index contributed by atoms with van der Waals surface area (Å²) in [7, 11) is 0. The first-order valence-electron chi connectivity index (χ1n) is 8.13. The highest BCUT2D eigenvalue weighted by Crippen LogP contribution is 2.12. The summed E-state index contributed by atoms with van der Waals surface area (Å²) >= 11 is 0. The van der Waals surface area contributed by atoms with Gasteiger partial charge in [0.15, 0.2) is 0 Å². The standard InChI is InChI=1S/C16H32O3/c1-3-5-6-7-8-9-10-11-12-13-14-15-16(17)19-18-4-2/h3-15H2,1-2H3. The second-order valence-corrected chi connectivity index (χ2v) is 5.15. The molecule has 0 rings (SSSR count). The molecule has 0 unspecified atom stereocenters. The quantitative estimate of drug-likeness (QED) is 0.248. The summed E-state index contributed by atoms with van der Waals surface area (Å²) in [4.78, 5) is 20.3. The maximum atomic E-state index is 11.1. The molecule has 0 aliphatic carbocycles. The van der Waals surface area contributed by atoms with Gasteiger partial charge in [-0.25, -0.2) is 4.79 Å². The van der Waals surface area contributed by atoms with Gasteiger partial charge in [0.2, 0.25) is 0 Å². The molecule has 0 aromatic heterocycles. The Morgan fingerprint density at radius 2 is 1.21 bits per heavy atom. The molecule has 0 bridgehead atoms. The molecule has 0 heterocycles. The van der Waals surface area contributed by atoms with Gasteiger partial charge >= 0.3 is 5.97 Å². The number of hydrogen-bond donors (Lipinski definition) is 0. The molecule has 0 fully saturated rings. The highest BCUT2D eigenvalue weighted by Gasteiger charge is 2.02. The van der Waals surface area contributed by atoms with E-state index in [0.717, 1.165) is 12.8 Å². The monoisotopic (exact) mass is 272 g/mol. The molecule has 0 atom stereocenters. The molecule has 0 aliphatic rings. The van der Waals surface area contributed by atoms with E-state index < -0.39 is 0 Å². The van der Waals surface area contributed by atoms with Crippen molar-refractivity contribution in [3.05, 3.63) is 0 Å². The van der Waals surface area contributed by atoms with Crippen molar-refractivity contribution >= 4 is 5.97 Å². The minimum Gasteiger partial charge on any atom is -0.298 e. The van der Waals surface area contributed by atoms with Crippen LogP contribution in [-0.4, -0.2) is 12.6 Å². The first kappa shape index (κ1) is 18.4. The molecule has 0 saturated carbocycles. The van der Waals surface area contributed by atoms with Crippen molar-refractivity contribution in [3.8, 4) is 0 Å². The Morgan fingerprint density at radius 1 is 0.737 bits per heavy atom. The van der Waals surface area contributed by atoms with Gasteiger partial charge in [0, 0.05) is 6.42 Å². The van der Waals surface area contributed by atoms with E-state index in [1.807, 2.05) is 0 Å². The Kier molecular flexibility index (Phi) is 15.0. The molecule has 0 N–H and O–H groups in total. The molecule has 3 heteroatoms. The lowest BCUT2D eigenvalue weighted by atomic mass is 10.1. The average molecular weight is 272 g/mol. The van der Waals surface area contributed by atoms with Gasteiger partial charge in [0.05, 0.1) is 6.61 Å². The third-order valence-corrected chi connectivity index (χ3v) is 3.25.